The van der Waals surface area contributed by atoms with Gasteiger partial charge in [0.05, 0.1) is 7.11 Å². The number of nitrogens with one attached hydrogen (secondary N) is 1. The molecule has 100 valence electrons. The quantitative estimate of drug-likeness (QED) is 0.782. The molecule has 2 rings (SSSR count). The molecule has 0 bridgehead atoms. The van der Waals surface area contributed by atoms with E-state index in [-0.39, 0.29) is 0 Å². The highest BCUT2D eigenvalue weighted by atomic mass is 16.5. The first kappa shape index (κ1) is 13.1. The largest absolute Gasteiger partial charge is 0.497 e. The zero-order valence-corrected chi connectivity index (χ0v) is 11.5. The van der Waals surface area contributed by atoms with Crippen LogP contribution in [0, 0.1) is 5.41 Å². The van der Waals surface area contributed by atoms with Gasteiger partial charge in [-0.05, 0) is 30.7 Å². The number of hydrogen-bond donors (Lipinski definition) is 2. The average molecular weight is 248 g/mol. The van der Waals surface area contributed by atoms with Crippen LogP contribution in [0.5, 0.6) is 5.75 Å². The highest BCUT2D eigenvalue weighted by Crippen LogP contribution is 2.41. The van der Waals surface area contributed by atoms with Gasteiger partial charge >= 0.3 is 0 Å². The van der Waals surface area contributed by atoms with Gasteiger partial charge in [-0.2, -0.15) is 0 Å². The monoisotopic (exact) mass is 248 g/mol. The summed E-state index contributed by atoms with van der Waals surface area (Å²) < 4.78 is 5.24. The lowest BCUT2D eigenvalue weighted by Crippen LogP contribution is -2.25. The third-order valence-corrected chi connectivity index (χ3v) is 4.25. The van der Waals surface area contributed by atoms with Gasteiger partial charge in [0.1, 0.15) is 5.75 Å². The summed E-state index contributed by atoms with van der Waals surface area (Å²) in [4.78, 5) is 0. The molecule has 3 nitrogen and oxygen atoms in total. The molecule has 0 saturated heterocycles. The van der Waals surface area contributed by atoms with Crippen LogP contribution in [0.15, 0.2) is 18.2 Å². The molecule has 1 aliphatic carbocycles. The molecule has 1 aliphatic rings. The molecule has 0 unspecified atom stereocenters. The number of ether oxygens (including phenoxy) is 1. The topological polar surface area (TPSA) is 47.3 Å². The van der Waals surface area contributed by atoms with Crippen molar-refractivity contribution in [2.45, 2.75) is 39.0 Å². The van der Waals surface area contributed by atoms with Crippen molar-refractivity contribution in [3.05, 3.63) is 18.2 Å². The fourth-order valence-electron chi connectivity index (χ4n) is 2.91. The van der Waals surface area contributed by atoms with Gasteiger partial charge in [0, 0.05) is 30.1 Å². The maximum Gasteiger partial charge on any atom is 0.122 e. The Bertz CT molecular complexity index is 397. The minimum atomic E-state index is 0.484. The Labute approximate surface area is 110 Å². The SMILES string of the molecule is CCC1(CNc2cc(N)cc(OC)c2)CCCC1. The van der Waals surface area contributed by atoms with Crippen LogP contribution in [0.4, 0.5) is 11.4 Å². The molecule has 0 aromatic heterocycles. The summed E-state index contributed by atoms with van der Waals surface area (Å²) in [6.45, 7) is 3.34. The third kappa shape index (κ3) is 2.89. The lowest BCUT2D eigenvalue weighted by Gasteiger charge is -2.28. The molecule has 0 amide bonds. The lowest BCUT2D eigenvalue weighted by atomic mass is 9.83. The molecule has 3 heteroatoms. The molecule has 1 aromatic carbocycles. The standard InChI is InChI=1S/C15H24N2O/c1-3-15(6-4-5-7-15)11-17-13-8-12(16)9-14(10-13)18-2/h8-10,17H,3-7,11,16H2,1-2H3. The Kier molecular flexibility index (Phi) is 4.00. The van der Waals surface area contributed by atoms with E-state index >= 15 is 0 Å². The van der Waals surface area contributed by atoms with Gasteiger partial charge < -0.3 is 15.8 Å². The van der Waals surface area contributed by atoms with E-state index in [1.165, 1.54) is 32.1 Å². The van der Waals surface area contributed by atoms with E-state index in [1.54, 1.807) is 7.11 Å². The molecule has 0 aliphatic heterocycles. The summed E-state index contributed by atoms with van der Waals surface area (Å²) in [5.74, 6) is 0.814. The molecule has 0 heterocycles. The number of benzene rings is 1. The highest BCUT2D eigenvalue weighted by molar-refractivity contribution is 5.59. The molecule has 0 spiro atoms. The molecule has 1 aromatic rings. The maximum atomic E-state index is 5.86. The minimum Gasteiger partial charge on any atom is -0.497 e. The molecule has 3 N–H and O–H groups in total. The molecule has 0 atom stereocenters. The Hall–Kier alpha value is -1.38. The van der Waals surface area contributed by atoms with Crippen LogP contribution in [-0.4, -0.2) is 13.7 Å². The fraction of sp³-hybridized carbons (Fsp3) is 0.600. The van der Waals surface area contributed by atoms with E-state index in [9.17, 15) is 0 Å². The smallest absolute Gasteiger partial charge is 0.122 e. The van der Waals surface area contributed by atoms with Crippen molar-refractivity contribution in [2.75, 3.05) is 24.7 Å². The van der Waals surface area contributed by atoms with Crippen molar-refractivity contribution in [3.8, 4) is 5.75 Å². The Morgan fingerprint density at radius 2 is 2.00 bits per heavy atom. The van der Waals surface area contributed by atoms with E-state index in [2.05, 4.69) is 12.2 Å². The second-order valence-corrected chi connectivity index (χ2v) is 5.41. The van der Waals surface area contributed by atoms with Crippen molar-refractivity contribution < 1.29 is 4.74 Å². The van der Waals surface area contributed by atoms with E-state index in [4.69, 9.17) is 10.5 Å². The predicted octanol–water partition coefficient (Wildman–Crippen LogP) is 3.66. The Morgan fingerprint density at radius 3 is 2.61 bits per heavy atom. The van der Waals surface area contributed by atoms with Crippen molar-refractivity contribution >= 4 is 11.4 Å². The van der Waals surface area contributed by atoms with Crippen molar-refractivity contribution in [2.24, 2.45) is 5.41 Å². The van der Waals surface area contributed by atoms with Gasteiger partial charge in [-0.15, -0.1) is 0 Å². The first-order valence-electron chi connectivity index (χ1n) is 6.86. The summed E-state index contributed by atoms with van der Waals surface area (Å²) in [5, 5.41) is 3.53. The summed E-state index contributed by atoms with van der Waals surface area (Å²) in [7, 11) is 1.67. The van der Waals surface area contributed by atoms with Gasteiger partial charge in [-0.1, -0.05) is 19.8 Å². The molecule has 1 fully saturated rings. The lowest BCUT2D eigenvalue weighted by molar-refractivity contribution is 0.307. The Morgan fingerprint density at radius 1 is 1.28 bits per heavy atom. The van der Waals surface area contributed by atoms with Crippen molar-refractivity contribution in [3.63, 3.8) is 0 Å². The van der Waals surface area contributed by atoms with E-state index in [1.807, 2.05) is 18.2 Å². The van der Waals surface area contributed by atoms with E-state index in [0.29, 0.717) is 5.41 Å². The van der Waals surface area contributed by atoms with Gasteiger partial charge in [0.15, 0.2) is 0 Å². The second kappa shape index (κ2) is 5.51. The summed E-state index contributed by atoms with van der Waals surface area (Å²) in [6.07, 6.45) is 6.68. The van der Waals surface area contributed by atoms with E-state index < -0.39 is 0 Å². The Balaban J connectivity index is 2.03. The predicted molar refractivity (Wildman–Crippen MR) is 77.1 cm³/mol. The minimum absolute atomic E-state index is 0.484. The summed E-state index contributed by atoms with van der Waals surface area (Å²) >= 11 is 0. The van der Waals surface area contributed by atoms with Crippen LogP contribution in [0.25, 0.3) is 0 Å². The molecular weight excluding hydrogens is 224 g/mol. The van der Waals surface area contributed by atoms with Crippen LogP contribution in [-0.2, 0) is 0 Å². The molecule has 18 heavy (non-hydrogen) atoms. The normalized spacial score (nSPS) is 17.7. The summed E-state index contributed by atoms with van der Waals surface area (Å²) in [5.41, 5.74) is 8.15. The zero-order chi connectivity index (χ0) is 13.0. The van der Waals surface area contributed by atoms with Gasteiger partial charge in [0.25, 0.3) is 0 Å². The molecular formula is C15H24N2O. The average Bonchev–Trinajstić information content (AvgIpc) is 2.85. The van der Waals surface area contributed by atoms with Gasteiger partial charge in [-0.25, -0.2) is 0 Å². The van der Waals surface area contributed by atoms with Crippen LogP contribution < -0.4 is 15.8 Å². The van der Waals surface area contributed by atoms with Gasteiger partial charge in [-0.3, -0.25) is 0 Å². The number of nitrogen functional groups attached to an aromatic ring is 1. The summed E-state index contributed by atoms with van der Waals surface area (Å²) in [6, 6.07) is 5.83. The van der Waals surface area contributed by atoms with Crippen LogP contribution in [0.1, 0.15) is 39.0 Å². The van der Waals surface area contributed by atoms with Crippen molar-refractivity contribution in [1.82, 2.24) is 0 Å². The highest BCUT2D eigenvalue weighted by Gasteiger charge is 2.31. The number of methoxy groups -OCH3 is 1. The number of nitrogens with two attached hydrogens (primary N) is 1. The van der Waals surface area contributed by atoms with Crippen LogP contribution in [0.3, 0.4) is 0 Å². The first-order chi connectivity index (χ1) is 8.67. The number of rotatable bonds is 5. The number of anilines is 2. The molecule has 0 radical (unpaired) electrons. The second-order valence-electron chi connectivity index (χ2n) is 5.41. The molecule has 1 saturated carbocycles. The van der Waals surface area contributed by atoms with Gasteiger partial charge in [0.2, 0.25) is 0 Å². The first-order valence-corrected chi connectivity index (χ1v) is 6.86. The van der Waals surface area contributed by atoms with Crippen LogP contribution in [0.2, 0.25) is 0 Å². The fourth-order valence-corrected chi connectivity index (χ4v) is 2.91. The van der Waals surface area contributed by atoms with Crippen molar-refractivity contribution in [1.29, 1.82) is 0 Å². The third-order valence-electron chi connectivity index (χ3n) is 4.25. The maximum absolute atomic E-state index is 5.86. The zero-order valence-electron chi connectivity index (χ0n) is 11.5. The van der Waals surface area contributed by atoms with Crippen LogP contribution >= 0.6 is 0 Å². The van der Waals surface area contributed by atoms with E-state index in [0.717, 1.165) is 23.7 Å². The number of hydrogen-bond acceptors (Lipinski definition) is 3.